The van der Waals surface area contributed by atoms with Crippen LogP contribution in [0.25, 0.3) is 0 Å². The second-order valence-electron chi connectivity index (χ2n) is 5.48. The maximum Gasteiger partial charge on any atom is 0.326 e. The maximum absolute atomic E-state index is 12.5. The average molecular weight is 277 g/mol. The summed E-state index contributed by atoms with van der Waals surface area (Å²) in [6, 6.07) is 4.53. The normalized spacial score (nSPS) is 19.6. The Morgan fingerprint density at radius 1 is 1.35 bits per heavy atom. The molecule has 2 unspecified atom stereocenters. The molecule has 0 radical (unpaired) electrons. The molecular formula is C15H19NO4. The van der Waals surface area contributed by atoms with Crippen LogP contribution in [-0.2, 0) is 9.59 Å². The van der Waals surface area contributed by atoms with Gasteiger partial charge in [-0.2, -0.15) is 0 Å². The van der Waals surface area contributed by atoms with Crippen molar-refractivity contribution < 1.29 is 19.4 Å². The molecule has 0 saturated heterocycles. The fraction of sp³-hybridized carbons (Fsp3) is 0.467. The first kappa shape index (κ1) is 14.4. The van der Waals surface area contributed by atoms with E-state index in [0.717, 1.165) is 5.56 Å². The van der Waals surface area contributed by atoms with Gasteiger partial charge in [-0.1, -0.05) is 19.9 Å². The largest absolute Gasteiger partial charge is 0.480 e. The molecule has 1 aliphatic rings. The molecule has 0 aliphatic carbocycles. The molecule has 0 bridgehead atoms. The molecule has 2 atom stereocenters. The Hall–Kier alpha value is -2.04. The van der Waals surface area contributed by atoms with Crippen LogP contribution in [0.4, 0.5) is 5.69 Å². The van der Waals surface area contributed by atoms with Gasteiger partial charge in [0.05, 0.1) is 5.69 Å². The predicted molar refractivity (Wildman–Crippen MR) is 75.0 cm³/mol. The summed E-state index contributed by atoms with van der Waals surface area (Å²) in [5.41, 5.74) is 1.48. The number of fused-ring (bicyclic) bond motifs is 1. The first-order chi connectivity index (χ1) is 9.32. The number of carbonyl (C=O) groups is 2. The lowest BCUT2D eigenvalue weighted by atomic mass is 10.0. The molecule has 20 heavy (non-hydrogen) atoms. The van der Waals surface area contributed by atoms with Crippen LogP contribution in [0.15, 0.2) is 18.2 Å². The monoisotopic (exact) mass is 277 g/mol. The first-order valence-electron chi connectivity index (χ1n) is 6.66. The van der Waals surface area contributed by atoms with Gasteiger partial charge in [-0.25, -0.2) is 4.79 Å². The lowest BCUT2D eigenvalue weighted by Gasteiger charge is -2.38. The van der Waals surface area contributed by atoms with Crippen LogP contribution in [-0.4, -0.2) is 29.1 Å². The molecule has 0 aromatic heterocycles. The van der Waals surface area contributed by atoms with Crippen molar-refractivity contribution in [3.8, 4) is 5.75 Å². The van der Waals surface area contributed by atoms with Gasteiger partial charge in [0.15, 0.2) is 6.10 Å². The van der Waals surface area contributed by atoms with E-state index in [2.05, 4.69) is 0 Å². The van der Waals surface area contributed by atoms with Crippen LogP contribution in [0, 0.1) is 12.8 Å². The van der Waals surface area contributed by atoms with Crippen molar-refractivity contribution in [3.63, 3.8) is 0 Å². The molecule has 1 aromatic rings. The molecule has 2 rings (SSSR count). The van der Waals surface area contributed by atoms with Crippen molar-refractivity contribution in [2.45, 2.75) is 39.8 Å². The van der Waals surface area contributed by atoms with Crippen LogP contribution < -0.4 is 9.64 Å². The van der Waals surface area contributed by atoms with Crippen LogP contribution in [0.3, 0.4) is 0 Å². The van der Waals surface area contributed by atoms with E-state index in [1.165, 1.54) is 11.8 Å². The SMILES string of the molecule is Cc1ccc2c(c1)N(C(C)C(=O)O)C(=O)C(C(C)C)O2. The highest BCUT2D eigenvalue weighted by atomic mass is 16.5. The Morgan fingerprint density at radius 3 is 2.55 bits per heavy atom. The van der Waals surface area contributed by atoms with Crippen molar-refractivity contribution in [2.75, 3.05) is 4.90 Å². The molecule has 108 valence electrons. The lowest BCUT2D eigenvalue weighted by molar-refractivity contribution is -0.141. The van der Waals surface area contributed by atoms with Crippen molar-refractivity contribution in [2.24, 2.45) is 5.92 Å². The predicted octanol–water partition coefficient (Wildman–Crippen LogP) is 2.22. The number of carboxylic acid groups (broad SMARTS) is 1. The topological polar surface area (TPSA) is 66.8 Å². The third-order valence-corrected chi connectivity index (χ3v) is 3.46. The summed E-state index contributed by atoms with van der Waals surface area (Å²) in [7, 11) is 0. The van der Waals surface area contributed by atoms with Crippen LogP contribution in [0.5, 0.6) is 5.75 Å². The van der Waals surface area contributed by atoms with Gasteiger partial charge < -0.3 is 9.84 Å². The second-order valence-corrected chi connectivity index (χ2v) is 5.48. The number of carboxylic acids is 1. The summed E-state index contributed by atoms with van der Waals surface area (Å²) in [5, 5.41) is 9.24. The van der Waals surface area contributed by atoms with E-state index in [-0.39, 0.29) is 11.8 Å². The Labute approximate surface area is 118 Å². The molecule has 0 spiro atoms. The van der Waals surface area contributed by atoms with Gasteiger partial charge in [0.2, 0.25) is 0 Å². The van der Waals surface area contributed by atoms with Gasteiger partial charge in [-0.05, 0) is 37.5 Å². The zero-order valence-corrected chi connectivity index (χ0v) is 12.1. The van der Waals surface area contributed by atoms with Gasteiger partial charge in [-0.3, -0.25) is 9.69 Å². The molecule has 1 amide bonds. The molecular weight excluding hydrogens is 258 g/mol. The van der Waals surface area contributed by atoms with Gasteiger partial charge >= 0.3 is 5.97 Å². The number of aliphatic carboxylic acids is 1. The lowest BCUT2D eigenvalue weighted by Crippen LogP contribution is -2.54. The van der Waals surface area contributed by atoms with Crippen molar-refractivity contribution >= 4 is 17.6 Å². The highest BCUT2D eigenvalue weighted by Gasteiger charge is 2.40. The highest BCUT2D eigenvalue weighted by molar-refractivity contribution is 6.04. The minimum atomic E-state index is -1.03. The number of hydrogen-bond acceptors (Lipinski definition) is 3. The van der Waals surface area contributed by atoms with Crippen LogP contribution in [0.1, 0.15) is 26.3 Å². The van der Waals surface area contributed by atoms with E-state index in [1.54, 1.807) is 12.1 Å². The zero-order chi connectivity index (χ0) is 15.0. The molecule has 5 nitrogen and oxygen atoms in total. The number of amides is 1. The molecule has 1 aliphatic heterocycles. The number of rotatable bonds is 3. The number of benzene rings is 1. The molecule has 1 heterocycles. The van der Waals surface area contributed by atoms with Crippen LogP contribution in [0.2, 0.25) is 0 Å². The van der Waals surface area contributed by atoms with Crippen molar-refractivity contribution in [1.29, 1.82) is 0 Å². The van der Waals surface area contributed by atoms with Crippen molar-refractivity contribution in [3.05, 3.63) is 23.8 Å². The summed E-state index contributed by atoms with van der Waals surface area (Å²) in [4.78, 5) is 25.1. The summed E-state index contributed by atoms with van der Waals surface area (Å²) in [5.74, 6) is -0.800. The van der Waals surface area contributed by atoms with E-state index >= 15 is 0 Å². The summed E-state index contributed by atoms with van der Waals surface area (Å²) < 4.78 is 5.74. The van der Waals surface area contributed by atoms with Gasteiger partial charge in [-0.15, -0.1) is 0 Å². The Bertz CT molecular complexity index is 553. The van der Waals surface area contributed by atoms with E-state index in [9.17, 15) is 14.7 Å². The van der Waals surface area contributed by atoms with Gasteiger partial charge in [0.1, 0.15) is 11.8 Å². The number of ether oxygens (including phenoxy) is 1. The average Bonchev–Trinajstić information content (AvgIpc) is 2.36. The van der Waals surface area contributed by atoms with Crippen molar-refractivity contribution in [1.82, 2.24) is 0 Å². The zero-order valence-electron chi connectivity index (χ0n) is 12.1. The third kappa shape index (κ3) is 2.35. The number of hydrogen-bond donors (Lipinski definition) is 1. The smallest absolute Gasteiger partial charge is 0.326 e. The number of aryl methyl sites for hydroxylation is 1. The molecule has 1 N–H and O–H groups in total. The molecule has 0 saturated carbocycles. The Kier molecular flexibility index (Phi) is 3.70. The number of anilines is 1. The fourth-order valence-corrected chi connectivity index (χ4v) is 2.29. The molecule has 1 aromatic carbocycles. The molecule has 0 fully saturated rings. The van der Waals surface area contributed by atoms with Gasteiger partial charge in [0.25, 0.3) is 5.91 Å². The van der Waals surface area contributed by atoms with E-state index in [0.29, 0.717) is 11.4 Å². The standard InChI is InChI=1S/C15H19NO4/c1-8(2)13-14(17)16(10(4)15(18)19)11-7-9(3)5-6-12(11)20-13/h5-8,10,13H,1-4H3,(H,18,19). The summed E-state index contributed by atoms with van der Waals surface area (Å²) in [6.07, 6.45) is -0.646. The van der Waals surface area contributed by atoms with E-state index < -0.39 is 18.1 Å². The number of carbonyl (C=O) groups excluding carboxylic acids is 1. The highest BCUT2D eigenvalue weighted by Crippen LogP contribution is 2.37. The Morgan fingerprint density at radius 2 is 2.00 bits per heavy atom. The van der Waals surface area contributed by atoms with E-state index in [4.69, 9.17) is 4.74 Å². The number of nitrogens with zero attached hydrogens (tertiary/aromatic N) is 1. The molecule has 5 heteroatoms. The van der Waals surface area contributed by atoms with Gasteiger partial charge in [0, 0.05) is 0 Å². The van der Waals surface area contributed by atoms with E-state index in [1.807, 2.05) is 26.8 Å². The minimum Gasteiger partial charge on any atom is -0.480 e. The maximum atomic E-state index is 12.5. The fourth-order valence-electron chi connectivity index (χ4n) is 2.29. The Balaban J connectivity index is 2.54. The third-order valence-electron chi connectivity index (χ3n) is 3.46. The summed E-state index contributed by atoms with van der Waals surface area (Å²) in [6.45, 7) is 7.16. The minimum absolute atomic E-state index is 0.0274. The quantitative estimate of drug-likeness (QED) is 0.920. The van der Waals surface area contributed by atoms with Crippen LogP contribution >= 0.6 is 0 Å². The first-order valence-corrected chi connectivity index (χ1v) is 6.66. The summed E-state index contributed by atoms with van der Waals surface area (Å²) >= 11 is 0. The second kappa shape index (κ2) is 5.15.